The molecule has 9 heteroatoms. The van der Waals surface area contributed by atoms with Gasteiger partial charge in [-0.1, -0.05) is 12.1 Å². The van der Waals surface area contributed by atoms with Crippen molar-refractivity contribution in [1.29, 1.82) is 0 Å². The molecule has 2 aromatic carbocycles. The Labute approximate surface area is 179 Å². The van der Waals surface area contributed by atoms with Crippen molar-refractivity contribution in [3.05, 3.63) is 53.6 Å². The number of carbonyl (C=O) groups is 4. The van der Waals surface area contributed by atoms with Gasteiger partial charge in [-0.3, -0.25) is 24.1 Å². The van der Waals surface area contributed by atoms with E-state index in [0.717, 1.165) is 4.90 Å². The summed E-state index contributed by atoms with van der Waals surface area (Å²) in [6.45, 7) is 0.714. The number of nitrogens with zero attached hydrogens (tertiary/aromatic N) is 3. The minimum Gasteiger partial charge on any atom is -0.482 e. The van der Waals surface area contributed by atoms with E-state index < -0.39 is 24.3 Å². The van der Waals surface area contributed by atoms with E-state index >= 15 is 0 Å². The minimum atomic E-state index is -0.516. The number of ether oxygens (including phenoxy) is 1. The number of anilines is 2. The summed E-state index contributed by atoms with van der Waals surface area (Å²) in [5.74, 6) is -1.11. The van der Waals surface area contributed by atoms with Crippen molar-refractivity contribution in [2.45, 2.75) is 0 Å². The lowest BCUT2D eigenvalue weighted by atomic mass is 10.1. The molecule has 31 heavy (non-hydrogen) atoms. The highest BCUT2D eigenvalue weighted by Crippen LogP contribution is 2.34. The van der Waals surface area contributed by atoms with Crippen molar-refractivity contribution in [3.63, 3.8) is 0 Å². The number of benzene rings is 2. The zero-order valence-corrected chi connectivity index (χ0v) is 17.3. The first-order chi connectivity index (χ1) is 14.8. The van der Waals surface area contributed by atoms with Gasteiger partial charge >= 0.3 is 0 Å². The quantitative estimate of drug-likeness (QED) is 0.703. The Bertz CT molecular complexity index is 1050. The summed E-state index contributed by atoms with van der Waals surface area (Å²) >= 11 is 0. The Morgan fingerprint density at radius 2 is 1.71 bits per heavy atom. The molecule has 0 atom stereocenters. The maximum atomic E-state index is 12.6. The number of amides is 4. The van der Waals surface area contributed by atoms with Gasteiger partial charge in [0.2, 0.25) is 5.91 Å². The van der Waals surface area contributed by atoms with Gasteiger partial charge in [-0.15, -0.1) is 0 Å². The molecule has 2 aliphatic heterocycles. The molecule has 0 aliphatic carbocycles. The molecular weight excluding hydrogens is 400 g/mol. The molecule has 2 aliphatic rings. The van der Waals surface area contributed by atoms with E-state index in [9.17, 15) is 19.2 Å². The van der Waals surface area contributed by atoms with Gasteiger partial charge in [0.1, 0.15) is 12.3 Å². The number of likely N-dealkylation sites (N-methyl/N-ethyl adjacent to an activating group) is 1. The second kappa shape index (κ2) is 8.19. The Hall–Kier alpha value is -3.72. The fourth-order valence-corrected chi connectivity index (χ4v) is 3.55. The molecule has 2 heterocycles. The Kier molecular flexibility index (Phi) is 5.43. The molecule has 4 amide bonds. The average Bonchev–Trinajstić information content (AvgIpc) is 2.98. The number of fused-ring (bicyclic) bond motifs is 2. The Morgan fingerprint density at radius 1 is 1.03 bits per heavy atom. The number of carbonyl (C=O) groups excluding carboxylic acids is 4. The molecule has 0 spiro atoms. The third-order valence-corrected chi connectivity index (χ3v) is 5.14. The van der Waals surface area contributed by atoms with Crippen molar-refractivity contribution >= 4 is 35.0 Å². The maximum Gasteiger partial charge on any atom is 0.265 e. The lowest BCUT2D eigenvalue weighted by Crippen LogP contribution is -2.42. The fraction of sp³-hybridized carbons (Fsp3) is 0.273. The smallest absolute Gasteiger partial charge is 0.265 e. The summed E-state index contributed by atoms with van der Waals surface area (Å²) in [6.07, 6.45) is 0. The third-order valence-electron chi connectivity index (χ3n) is 5.14. The van der Waals surface area contributed by atoms with Crippen molar-refractivity contribution in [2.75, 3.05) is 50.6 Å². The van der Waals surface area contributed by atoms with E-state index in [0.29, 0.717) is 41.3 Å². The van der Waals surface area contributed by atoms with E-state index in [1.807, 2.05) is 19.0 Å². The first-order valence-electron chi connectivity index (χ1n) is 9.82. The van der Waals surface area contributed by atoms with Crippen LogP contribution in [0.5, 0.6) is 5.75 Å². The van der Waals surface area contributed by atoms with E-state index in [2.05, 4.69) is 5.32 Å². The second-order valence-electron chi connectivity index (χ2n) is 7.61. The number of hydrogen-bond donors (Lipinski definition) is 1. The molecular formula is C22H22N4O5. The molecule has 1 N–H and O–H groups in total. The molecule has 4 rings (SSSR count). The van der Waals surface area contributed by atoms with E-state index in [-0.39, 0.29) is 12.5 Å². The summed E-state index contributed by atoms with van der Waals surface area (Å²) in [5, 5.41) is 2.70. The van der Waals surface area contributed by atoms with Crippen molar-refractivity contribution in [1.82, 2.24) is 9.80 Å². The molecule has 0 fully saturated rings. The number of rotatable bonds is 6. The van der Waals surface area contributed by atoms with Gasteiger partial charge in [0.15, 0.2) is 6.61 Å². The Morgan fingerprint density at radius 3 is 2.35 bits per heavy atom. The van der Waals surface area contributed by atoms with Crippen LogP contribution < -0.4 is 15.0 Å². The summed E-state index contributed by atoms with van der Waals surface area (Å²) in [5.41, 5.74) is 1.59. The molecule has 0 radical (unpaired) electrons. The van der Waals surface area contributed by atoms with Crippen LogP contribution in [-0.4, -0.2) is 73.8 Å². The number of nitrogens with one attached hydrogen (secondary N) is 1. The predicted octanol–water partition coefficient (Wildman–Crippen LogP) is 1.21. The molecule has 9 nitrogen and oxygen atoms in total. The van der Waals surface area contributed by atoms with E-state index in [4.69, 9.17) is 4.74 Å². The van der Waals surface area contributed by atoms with Crippen LogP contribution in [0.4, 0.5) is 11.4 Å². The molecule has 0 aromatic heterocycles. The van der Waals surface area contributed by atoms with Crippen LogP contribution in [0.15, 0.2) is 42.5 Å². The molecule has 0 saturated heterocycles. The maximum absolute atomic E-state index is 12.6. The van der Waals surface area contributed by atoms with Crippen LogP contribution in [0, 0.1) is 0 Å². The van der Waals surface area contributed by atoms with Gasteiger partial charge in [0.25, 0.3) is 17.7 Å². The molecule has 160 valence electrons. The minimum absolute atomic E-state index is 0.0358. The van der Waals surface area contributed by atoms with Gasteiger partial charge in [-0.25, -0.2) is 0 Å². The lowest BCUT2D eigenvalue weighted by Gasteiger charge is -2.30. The highest BCUT2D eigenvalue weighted by atomic mass is 16.5. The number of imide groups is 1. The first-order valence-corrected chi connectivity index (χ1v) is 9.82. The van der Waals surface area contributed by atoms with Gasteiger partial charge in [-0.05, 0) is 44.4 Å². The highest BCUT2D eigenvalue weighted by molar-refractivity contribution is 6.22. The van der Waals surface area contributed by atoms with Gasteiger partial charge in [-0.2, -0.15) is 0 Å². The normalized spacial score (nSPS) is 15.1. The van der Waals surface area contributed by atoms with E-state index in [1.165, 1.54) is 0 Å². The van der Waals surface area contributed by atoms with E-state index in [1.54, 1.807) is 47.4 Å². The monoisotopic (exact) mass is 422 g/mol. The first kappa shape index (κ1) is 20.5. The molecule has 2 aromatic rings. The summed E-state index contributed by atoms with van der Waals surface area (Å²) in [7, 11) is 3.84. The summed E-state index contributed by atoms with van der Waals surface area (Å²) in [6, 6.07) is 11.5. The van der Waals surface area contributed by atoms with Crippen molar-refractivity contribution < 1.29 is 23.9 Å². The van der Waals surface area contributed by atoms with Gasteiger partial charge in [0.05, 0.1) is 16.8 Å². The standard InChI is InChI=1S/C22H22N4O5/c1-24(2)9-10-25-17-11-14(7-8-18(17)31-13-20(25)28)23-19(27)12-26-21(29)15-5-3-4-6-16(15)22(26)30/h3-8,11H,9-10,12-13H2,1-2H3,(H,23,27). The van der Waals surface area contributed by atoms with Gasteiger partial charge < -0.3 is 19.9 Å². The topological polar surface area (TPSA) is 99.3 Å². The van der Waals surface area contributed by atoms with Crippen molar-refractivity contribution in [2.24, 2.45) is 0 Å². The van der Waals surface area contributed by atoms with Crippen LogP contribution in [0.25, 0.3) is 0 Å². The van der Waals surface area contributed by atoms with Gasteiger partial charge in [0, 0.05) is 18.8 Å². The summed E-state index contributed by atoms with van der Waals surface area (Å²) < 4.78 is 5.49. The largest absolute Gasteiger partial charge is 0.482 e. The molecule has 0 saturated carbocycles. The highest BCUT2D eigenvalue weighted by Gasteiger charge is 2.36. The van der Waals surface area contributed by atoms with Crippen LogP contribution in [0.3, 0.4) is 0 Å². The predicted molar refractivity (Wildman–Crippen MR) is 113 cm³/mol. The zero-order chi connectivity index (χ0) is 22.1. The zero-order valence-electron chi connectivity index (χ0n) is 17.3. The van der Waals surface area contributed by atoms with Crippen LogP contribution in [0.2, 0.25) is 0 Å². The van der Waals surface area contributed by atoms with Crippen LogP contribution in [0.1, 0.15) is 20.7 Å². The second-order valence-corrected chi connectivity index (χ2v) is 7.61. The van der Waals surface area contributed by atoms with Crippen LogP contribution in [-0.2, 0) is 9.59 Å². The van der Waals surface area contributed by atoms with Crippen molar-refractivity contribution in [3.8, 4) is 5.75 Å². The van der Waals surface area contributed by atoms with Crippen LogP contribution >= 0.6 is 0 Å². The average molecular weight is 422 g/mol. The summed E-state index contributed by atoms with van der Waals surface area (Å²) in [4.78, 5) is 54.3. The third kappa shape index (κ3) is 3.99. The lowest BCUT2D eigenvalue weighted by molar-refractivity contribution is -0.121. The Balaban J connectivity index is 1.48. The SMILES string of the molecule is CN(C)CCN1C(=O)COc2ccc(NC(=O)CN3C(=O)c4ccccc4C3=O)cc21. The fourth-order valence-electron chi connectivity index (χ4n) is 3.55. The molecule has 0 bridgehead atoms. The number of hydrogen-bond acceptors (Lipinski definition) is 6. The molecule has 0 unspecified atom stereocenters.